The fraction of sp³-hybridized carbons (Fsp3) is 0.450. The van der Waals surface area contributed by atoms with Crippen LogP contribution in [0.15, 0.2) is 36.9 Å². The Balaban J connectivity index is 2.34. The second kappa shape index (κ2) is 8.17. The summed E-state index contributed by atoms with van der Waals surface area (Å²) in [5, 5.41) is 8.06. The van der Waals surface area contributed by atoms with Gasteiger partial charge in [0.25, 0.3) is 5.91 Å². The van der Waals surface area contributed by atoms with Gasteiger partial charge in [0.2, 0.25) is 0 Å². The molecule has 1 amide bonds. The molecule has 0 spiro atoms. The zero-order valence-corrected chi connectivity index (χ0v) is 15.9. The third kappa shape index (κ3) is 4.31. The summed E-state index contributed by atoms with van der Waals surface area (Å²) in [7, 11) is 1.32. The first-order valence-corrected chi connectivity index (χ1v) is 8.74. The second-order valence-corrected chi connectivity index (χ2v) is 7.32. The molecular formula is C20H27N3O3. The molecule has 1 aromatic heterocycles. The summed E-state index contributed by atoms with van der Waals surface area (Å²) in [5.74, 6) is -0.852. The number of carbonyl (C=O) groups is 2. The molecule has 1 aromatic carbocycles. The highest BCUT2D eigenvalue weighted by molar-refractivity contribution is 6.06. The van der Waals surface area contributed by atoms with Gasteiger partial charge in [0.1, 0.15) is 6.04 Å². The Kier molecular flexibility index (Phi) is 6.18. The quantitative estimate of drug-likeness (QED) is 0.469. The molecule has 1 heterocycles. The van der Waals surface area contributed by atoms with Gasteiger partial charge in [0.15, 0.2) is 5.69 Å². The summed E-state index contributed by atoms with van der Waals surface area (Å²) >= 11 is 0. The van der Waals surface area contributed by atoms with E-state index in [-0.39, 0.29) is 5.91 Å². The van der Waals surface area contributed by atoms with Crippen molar-refractivity contribution in [3.8, 4) is 0 Å². The summed E-state index contributed by atoms with van der Waals surface area (Å²) < 4.78 is 6.68. The Morgan fingerprint density at radius 3 is 2.65 bits per heavy atom. The lowest BCUT2D eigenvalue weighted by atomic mass is 9.86. The summed E-state index contributed by atoms with van der Waals surface area (Å²) in [6.45, 7) is 10.1. The van der Waals surface area contributed by atoms with Gasteiger partial charge in [-0.1, -0.05) is 45.0 Å². The van der Waals surface area contributed by atoms with E-state index in [9.17, 15) is 9.59 Å². The molecule has 0 saturated carbocycles. The van der Waals surface area contributed by atoms with Gasteiger partial charge in [0.05, 0.1) is 12.6 Å². The number of rotatable bonds is 7. The van der Waals surface area contributed by atoms with Gasteiger partial charge in [-0.2, -0.15) is 5.10 Å². The predicted molar refractivity (Wildman–Crippen MR) is 102 cm³/mol. The van der Waals surface area contributed by atoms with Crippen molar-refractivity contribution in [2.24, 2.45) is 5.41 Å². The first-order valence-electron chi connectivity index (χ1n) is 8.74. The Morgan fingerprint density at radius 2 is 2.04 bits per heavy atom. The number of hydrogen-bond donors (Lipinski definition) is 1. The number of unbranched alkanes of at least 4 members (excludes halogenated alkanes) is 1. The Labute approximate surface area is 154 Å². The number of aryl methyl sites for hydroxylation is 1. The average molecular weight is 357 g/mol. The number of ether oxygens (including phenoxy) is 1. The fourth-order valence-electron chi connectivity index (χ4n) is 2.80. The van der Waals surface area contributed by atoms with E-state index in [1.807, 2.05) is 55.8 Å². The standard InChI is InChI=1S/C20H27N3O3/c1-6-7-10-13-23-15-12-9-8-11-14(15)16(22-23)18(24)21-17(19(25)26-5)20(2,3)4/h6,8-9,11-12,17H,1,7,10,13H2,2-5H3,(H,21,24). The monoisotopic (exact) mass is 357 g/mol. The van der Waals surface area contributed by atoms with Crippen molar-refractivity contribution in [3.05, 3.63) is 42.6 Å². The molecule has 0 fully saturated rings. The summed E-state index contributed by atoms with van der Waals surface area (Å²) in [4.78, 5) is 25.0. The molecule has 0 bridgehead atoms. The SMILES string of the molecule is C=CCCCn1nc(C(=O)NC(C(=O)OC)C(C)(C)C)c2ccccc21. The van der Waals surface area contributed by atoms with Crippen LogP contribution < -0.4 is 5.32 Å². The molecule has 26 heavy (non-hydrogen) atoms. The van der Waals surface area contributed by atoms with E-state index < -0.39 is 17.4 Å². The third-order valence-electron chi connectivity index (χ3n) is 4.23. The van der Waals surface area contributed by atoms with E-state index in [2.05, 4.69) is 17.0 Å². The van der Waals surface area contributed by atoms with Crippen molar-refractivity contribution in [1.29, 1.82) is 0 Å². The number of hydrogen-bond acceptors (Lipinski definition) is 4. The van der Waals surface area contributed by atoms with Crippen molar-refractivity contribution in [1.82, 2.24) is 15.1 Å². The first-order chi connectivity index (χ1) is 12.3. The number of para-hydroxylation sites is 1. The van der Waals surface area contributed by atoms with E-state index in [1.54, 1.807) is 0 Å². The van der Waals surface area contributed by atoms with Crippen LogP contribution in [-0.4, -0.2) is 34.8 Å². The maximum Gasteiger partial charge on any atom is 0.328 e. The number of fused-ring (bicyclic) bond motifs is 1. The molecule has 1 unspecified atom stereocenters. The molecule has 140 valence electrons. The van der Waals surface area contributed by atoms with Gasteiger partial charge in [-0.25, -0.2) is 4.79 Å². The van der Waals surface area contributed by atoms with Crippen LogP contribution in [0.1, 0.15) is 44.1 Å². The zero-order chi connectivity index (χ0) is 19.3. The van der Waals surface area contributed by atoms with Gasteiger partial charge in [-0.15, -0.1) is 6.58 Å². The highest BCUT2D eigenvalue weighted by Crippen LogP contribution is 2.23. The van der Waals surface area contributed by atoms with Crippen LogP contribution in [0.3, 0.4) is 0 Å². The molecule has 0 aliphatic rings. The van der Waals surface area contributed by atoms with Crippen LogP contribution in [0.4, 0.5) is 0 Å². The lowest BCUT2D eigenvalue weighted by molar-refractivity contribution is -0.145. The minimum absolute atomic E-state index is 0.317. The second-order valence-electron chi connectivity index (χ2n) is 7.32. The fourth-order valence-corrected chi connectivity index (χ4v) is 2.80. The maximum absolute atomic E-state index is 12.9. The van der Waals surface area contributed by atoms with Crippen LogP contribution in [0, 0.1) is 5.41 Å². The van der Waals surface area contributed by atoms with Crippen LogP contribution in [0.25, 0.3) is 10.9 Å². The lowest BCUT2D eigenvalue weighted by Gasteiger charge is -2.28. The molecule has 0 saturated heterocycles. The largest absolute Gasteiger partial charge is 0.467 e. The summed E-state index contributed by atoms with van der Waals surface area (Å²) in [6.07, 6.45) is 3.64. The minimum Gasteiger partial charge on any atom is -0.467 e. The molecule has 6 nitrogen and oxygen atoms in total. The number of amides is 1. The number of carbonyl (C=O) groups excluding carboxylic acids is 2. The molecule has 6 heteroatoms. The lowest BCUT2D eigenvalue weighted by Crippen LogP contribution is -2.49. The van der Waals surface area contributed by atoms with Crippen LogP contribution >= 0.6 is 0 Å². The van der Waals surface area contributed by atoms with E-state index in [0.717, 1.165) is 23.7 Å². The maximum atomic E-state index is 12.9. The van der Waals surface area contributed by atoms with Gasteiger partial charge < -0.3 is 10.1 Å². The number of allylic oxidation sites excluding steroid dienone is 1. The Bertz CT molecular complexity index is 802. The molecule has 0 aliphatic heterocycles. The van der Waals surface area contributed by atoms with Crippen LogP contribution in [0.2, 0.25) is 0 Å². The molecule has 1 N–H and O–H groups in total. The Hall–Kier alpha value is -2.63. The third-order valence-corrected chi connectivity index (χ3v) is 4.23. The van der Waals surface area contributed by atoms with Crippen LogP contribution in [0.5, 0.6) is 0 Å². The molecule has 0 aliphatic carbocycles. The number of benzene rings is 1. The number of nitrogens with one attached hydrogen (secondary N) is 1. The van der Waals surface area contributed by atoms with Gasteiger partial charge in [-0.05, 0) is 24.3 Å². The first kappa shape index (κ1) is 19.7. The van der Waals surface area contributed by atoms with E-state index in [1.165, 1.54) is 7.11 Å². The smallest absolute Gasteiger partial charge is 0.328 e. The van der Waals surface area contributed by atoms with E-state index >= 15 is 0 Å². The Morgan fingerprint density at radius 1 is 1.35 bits per heavy atom. The zero-order valence-electron chi connectivity index (χ0n) is 15.9. The number of methoxy groups -OCH3 is 1. The summed E-state index contributed by atoms with van der Waals surface area (Å²) in [6, 6.07) is 6.84. The average Bonchev–Trinajstić information content (AvgIpc) is 2.97. The van der Waals surface area contributed by atoms with Gasteiger partial charge >= 0.3 is 5.97 Å². The molecular weight excluding hydrogens is 330 g/mol. The molecule has 0 radical (unpaired) electrons. The molecule has 2 aromatic rings. The topological polar surface area (TPSA) is 73.2 Å². The van der Waals surface area contributed by atoms with E-state index in [4.69, 9.17) is 4.74 Å². The van der Waals surface area contributed by atoms with Crippen molar-refractivity contribution in [2.45, 2.75) is 46.2 Å². The number of aromatic nitrogens is 2. The van der Waals surface area contributed by atoms with Gasteiger partial charge in [-0.3, -0.25) is 9.48 Å². The number of nitrogens with zero attached hydrogens (tertiary/aromatic N) is 2. The van der Waals surface area contributed by atoms with E-state index in [0.29, 0.717) is 12.2 Å². The summed E-state index contributed by atoms with van der Waals surface area (Å²) in [5.41, 5.74) is 0.731. The van der Waals surface area contributed by atoms with Crippen molar-refractivity contribution in [2.75, 3.05) is 7.11 Å². The highest BCUT2D eigenvalue weighted by atomic mass is 16.5. The van der Waals surface area contributed by atoms with Crippen molar-refractivity contribution in [3.63, 3.8) is 0 Å². The van der Waals surface area contributed by atoms with Crippen molar-refractivity contribution >= 4 is 22.8 Å². The minimum atomic E-state index is -0.760. The molecule has 1 atom stereocenters. The highest BCUT2D eigenvalue weighted by Gasteiger charge is 2.34. The van der Waals surface area contributed by atoms with Crippen molar-refractivity contribution < 1.29 is 14.3 Å². The van der Waals surface area contributed by atoms with Gasteiger partial charge in [0, 0.05) is 11.9 Å². The van der Waals surface area contributed by atoms with Crippen LogP contribution in [-0.2, 0) is 16.1 Å². The number of esters is 1. The molecule has 2 rings (SSSR count). The normalized spacial score (nSPS) is 12.6. The predicted octanol–water partition coefficient (Wildman–Crippen LogP) is 3.32.